The summed E-state index contributed by atoms with van der Waals surface area (Å²) in [7, 11) is 0. The van der Waals surface area contributed by atoms with Gasteiger partial charge in [0.05, 0.1) is 0 Å². The fraction of sp³-hybridized carbons (Fsp3) is 0.556. The molecule has 0 N–H and O–H groups in total. The summed E-state index contributed by atoms with van der Waals surface area (Å²) < 4.78 is 13.3. The Bertz CT molecular complexity index is 587. The van der Waals surface area contributed by atoms with Gasteiger partial charge in [-0.3, -0.25) is 9.59 Å². The van der Waals surface area contributed by atoms with E-state index in [1.165, 1.54) is 6.07 Å². The van der Waals surface area contributed by atoms with E-state index in [9.17, 15) is 14.0 Å². The van der Waals surface area contributed by atoms with E-state index in [0.29, 0.717) is 37.1 Å². The molecule has 4 heteroatoms. The van der Waals surface area contributed by atoms with Crippen molar-refractivity contribution in [1.82, 2.24) is 4.90 Å². The number of hydrogen-bond donors (Lipinski definition) is 0. The van der Waals surface area contributed by atoms with Crippen LogP contribution < -0.4 is 0 Å². The lowest BCUT2D eigenvalue weighted by molar-refractivity contribution is -0.139. The molecule has 0 radical (unpaired) electrons. The summed E-state index contributed by atoms with van der Waals surface area (Å²) in [5.41, 5.74) is 1.09. The van der Waals surface area contributed by atoms with Gasteiger partial charge in [-0.1, -0.05) is 6.42 Å². The number of rotatable bonds is 3. The molecule has 2 fully saturated rings. The number of hydrogen-bond acceptors (Lipinski definition) is 2. The number of likely N-dealkylation sites (tertiary alicyclic amines) is 1. The molecule has 1 aromatic carbocycles. The van der Waals surface area contributed by atoms with E-state index in [1.807, 2.05) is 4.90 Å². The van der Waals surface area contributed by atoms with Crippen molar-refractivity contribution in [3.8, 4) is 0 Å². The molecular formula is C18H22FNO2. The first kappa shape index (κ1) is 15.2. The molecule has 1 amide bonds. The van der Waals surface area contributed by atoms with Gasteiger partial charge in [-0.15, -0.1) is 0 Å². The third-order valence-corrected chi connectivity index (χ3v) is 5.07. The van der Waals surface area contributed by atoms with Crippen molar-refractivity contribution < 1.29 is 14.0 Å². The van der Waals surface area contributed by atoms with Crippen LogP contribution in [0.25, 0.3) is 0 Å². The molecule has 0 aromatic heterocycles. The van der Waals surface area contributed by atoms with E-state index in [1.54, 1.807) is 19.1 Å². The highest BCUT2D eigenvalue weighted by atomic mass is 19.1. The van der Waals surface area contributed by atoms with Gasteiger partial charge in [0.1, 0.15) is 5.82 Å². The van der Waals surface area contributed by atoms with Crippen molar-refractivity contribution in [3.05, 3.63) is 35.1 Å². The molecule has 3 nitrogen and oxygen atoms in total. The highest BCUT2D eigenvalue weighted by Gasteiger charge is 2.33. The molecule has 0 atom stereocenters. The van der Waals surface area contributed by atoms with E-state index < -0.39 is 0 Å². The Kier molecular flexibility index (Phi) is 4.27. The van der Waals surface area contributed by atoms with Crippen LogP contribution in [0, 0.1) is 24.6 Å². The van der Waals surface area contributed by atoms with Crippen molar-refractivity contribution in [2.75, 3.05) is 13.1 Å². The van der Waals surface area contributed by atoms with Gasteiger partial charge in [0.15, 0.2) is 5.78 Å². The number of carbonyl (C=O) groups is 2. The summed E-state index contributed by atoms with van der Waals surface area (Å²) in [4.78, 5) is 26.6. The van der Waals surface area contributed by atoms with Crippen LogP contribution >= 0.6 is 0 Å². The minimum atomic E-state index is -0.280. The number of carbonyl (C=O) groups excluding carboxylic acids is 2. The number of ketones is 1. The van der Waals surface area contributed by atoms with E-state index in [-0.39, 0.29) is 29.3 Å². The summed E-state index contributed by atoms with van der Waals surface area (Å²) in [6.45, 7) is 3.02. The van der Waals surface area contributed by atoms with Crippen LogP contribution in [-0.2, 0) is 4.79 Å². The lowest BCUT2D eigenvalue weighted by Crippen LogP contribution is -2.44. The van der Waals surface area contributed by atoms with Crippen LogP contribution in [-0.4, -0.2) is 29.7 Å². The Morgan fingerprint density at radius 1 is 1.09 bits per heavy atom. The Hall–Kier alpha value is -1.71. The second-order valence-corrected chi connectivity index (χ2v) is 6.56. The van der Waals surface area contributed by atoms with Crippen molar-refractivity contribution in [2.24, 2.45) is 11.8 Å². The van der Waals surface area contributed by atoms with Crippen LogP contribution in [0.5, 0.6) is 0 Å². The molecule has 2 aliphatic rings. The quantitative estimate of drug-likeness (QED) is 0.803. The fourth-order valence-electron chi connectivity index (χ4n) is 3.31. The maximum atomic E-state index is 13.3. The maximum Gasteiger partial charge on any atom is 0.225 e. The van der Waals surface area contributed by atoms with E-state index >= 15 is 0 Å². The molecule has 3 rings (SSSR count). The molecular weight excluding hydrogens is 281 g/mol. The molecule has 22 heavy (non-hydrogen) atoms. The smallest absolute Gasteiger partial charge is 0.225 e. The molecule has 1 aromatic rings. The molecule has 1 aliphatic carbocycles. The Morgan fingerprint density at radius 3 is 2.32 bits per heavy atom. The Labute approximate surface area is 130 Å². The molecule has 1 saturated heterocycles. The largest absolute Gasteiger partial charge is 0.342 e. The van der Waals surface area contributed by atoms with Gasteiger partial charge in [0.25, 0.3) is 0 Å². The molecule has 0 spiro atoms. The minimum Gasteiger partial charge on any atom is -0.342 e. The number of aryl methyl sites for hydroxylation is 1. The van der Waals surface area contributed by atoms with Crippen molar-refractivity contribution in [2.45, 2.75) is 39.0 Å². The van der Waals surface area contributed by atoms with Crippen LogP contribution in [0.2, 0.25) is 0 Å². The predicted molar refractivity (Wildman–Crippen MR) is 82.1 cm³/mol. The van der Waals surface area contributed by atoms with Gasteiger partial charge >= 0.3 is 0 Å². The number of Topliss-reactive ketones (excluding diaryl/α,β-unsaturated/α-hetero) is 1. The lowest BCUT2D eigenvalue weighted by Gasteiger charge is -2.36. The monoisotopic (exact) mass is 303 g/mol. The van der Waals surface area contributed by atoms with Gasteiger partial charge in [0.2, 0.25) is 5.91 Å². The average Bonchev–Trinajstić information content (AvgIpc) is 2.48. The van der Waals surface area contributed by atoms with Crippen molar-refractivity contribution in [3.63, 3.8) is 0 Å². The first-order chi connectivity index (χ1) is 10.6. The van der Waals surface area contributed by atoms with E-state index in [4.69, 9.17) is 0 Å². The zero-order valence-corrected chi connectivity index (χ0v) is 13.0. The number of piperidine rings is 1. The van der Waals surface area contributed by atoms with Crippen LogP contribution in [0.15, 0.2) is 18.2 Å². The SMILES string of the molecule is Cc1cc(C(=O)C2CCN(C(=O)C3CCC3)CC2)ccc1F. The van der Waals surface area contributed by atoms with Gasteiger partial charge in [-0.05, 0) is 56.4 Å². The maximum absolute atomic E-state index is 13.3. The van der Waals surface area contributed by atoms with Gasteiger partial charge < -0.3 is 4.90 Å². The van der Waals surface area contributed by atoms with Crippen LogP contribution in [0.4, 0.5) is 4.39 Å². The number of halogens is 1. The Balaban J connectivity index is 1.59. The molecule has 0 bridgehead atoms. The zero-order valence-electron chi connectivity index (χ0n) is 13.0. The molecule has 1 heterocycles. The lowest BCUT2D eigenvalue weighted by atomic mass is 9.83. The highest BCUT2D eigenvalue weighted by molar-refractivity contribution is 5.98. The second-order valence-electron chi connectivity index (χ2n) is 6.56. The highest BCUT2D eigenvalue weighted by Crippen LogP contribution is 2.30. The Morgan fingerprint density at radius 2 is 1.77 bits per heavy atom. The van der Waals surface area contributed by atoms with Gasteiger partial charge in [-0.2, -0.15) is 0 Å². The summed E-state index contributed by atoms with van der Waals surface area (Å²) in [6.07, 6.45) is 4.63. The minimum absolute atomic E-state index is 0.0460. The fourth-order valence-corrected chi connectivity index (χ4v) is 3.31. The van der Waals surface area contributed by atoms with Crippen molar-refractivity contribution >= 4 is 11.7 Å². The summed E-state index contributed by atoms with van der Waals surface area (Å²) in [5, 5.41) is 0. The number of amides is 1. The first-order valence-corrected chi connectivity index (χ1v) is 8.15. The third kappa shape index (κ3) is 2.92. The third-order valence-electron chi connectivity index (χ3n) is 5.07. The standard InChI is InChI=1S/C18H22FNO2/c1-12-11-15(5-6-16(12)19)17(21)13-7-9-20(10-8-13)18(22)14-3-2-4-14/h5-6,11,13-14H,2-4,7-10H2,1H3. The molecule has 0 unspecified atom stereocenters. The predicted octanol–water partition coefficient (Wildman–Crippen LogP) is 3.36. The molecule has 118 valence electrons. The second kappa shape index (κ2) is 6.19. The van der Waals surface area contributed by atoms with E-state index in [2.05, 4.69) is 0 Å². The van der Waals surface area contributed by atoms with Gasteiger partial charge in [0, 0.05) is 30.5 Å². The summed E-state index contributed by atoms with van der Waals surface area (Å²) in [5.74, 6) is 0.258. The number of benzene rings is 1. The normalized spacial score (nSPS) is 19.8. The molecule has 1 saturated carbocycles. The van der Waals surface area contributed by atoms with Gasteiger partial charge in [-0.25, -0.2) is 4.39 Å². The van der Waals surface area contributed by atoms with Crippen LogP contribution in [0.3, 0.4) is 0 Å². The van der Waals surface area contributed by atoms with Crippen LogP contribution in [0.1, 0.15) is 48.0 Å². The zero-order chi connectivity index (χ0) is 15.7. The first-order valence-electron chi connectivity index (χ1n) is 8.15. The number of nitrogens with zero attached hydrogens (tertiary/aromatic N) is 1. The average molecular weight is 303 g/mol. The summed E-state index contributed by atoms with van der Waals surface area (Å²) >= 11 is 0. The van der Waals surface area contributed by atoms with E-state index in [0.717, 1.165) is 19.3 Å². The molecule has 1 aliphatic heterocycles. The van der Waals surface area contributed by atoms with Crippen molar-refractivity contribution in [1.29, 1.82) is 0 Å². The summed E-state index contributed by atoms with van der Waals surface area (Å²) in [6, 6.07) is 4.55. The topological polar surface area (TPSA) is 37.4 Å².